The van der Waals surface area contributed by atoms with Crippen LogP contribution in [0.1, 0.15) is 18.4 Å². The number of hydrogen-bond donors (Lipinski definition) is 0. The lowest BCUT2D eigenvalue weighted by atomic mass is 9.80. The molecular weight excluding hydrogens is 303 g/mol. The Hall–Kier alpha value is -0.580. The lowest BCUT2D eigenvalue weighted by molar-refractivity contribution is -0.148. The maximum atomic E-state index is 11.9. The molecule has 0 aromatic heterocycles. The van der Waals surface area contributed by atoms with E-state index in [1.54, 1.807) is 0 Å². The molecule has 2 aliphatic rings. The van der Waals surface area contributed by atoms with Crippen LogP contribution in [0.15, 0.2) is 30.3 Å². The van der Waals surface area contributed by atoms with Gasteiger partial charge in [-0.2, -0.15) is 0 Å². The summed E-state index contributed by atoms with van der Waals surface area (Å²) in [6.45, 7) is 0. The molecule has 3 atom stereocenters. The number of fused-ring (bicyclic) bond motifs is 2. The minimum Gasteiger partial charge on any atom is -0.461 e. The van der Waals surface area contributed by atoms with Crippen LogP contribution >= 0.6 is 22.6 Å². The van der Waals surface area contributed by atoms with Crippen LogP contribution in [0.4, 0.5) is 0 Å². The van der Waals surface area contributed by atoms with Crippen LogP contribution in [0.5, 0.6) is 0 Å². The zero-order chi connectivity index (χ0) is 10.5. The summed E-state index contributed by atoms with van der Waals surface area (Å²) in [4.78, 5) is 11.9. The highest BCUT2D eigenvalue weighted by Gasteiger charge is 2.59. The van der Waals surface area contributed by atoms with Crippen molar-refractivity contribution >= 4 is 28.6 Å². The van der Waals surface area contributed by atoms with Gasteiger partial charge in [0.25, 0.3) is 0 Å². The first kappa shape index (κ1) is 9.63. The van der Waals surface area contributed by atoms with Gasteiger partial charge in [-0.1, -0.05) is 52.9 Å². The molecule has 2 nitrogen and oxygen atoms in total. The lowest BCUT2D eigenvalue weighted by Crippen LogP contribution is -2.34. The molecule has 0 radical (unpaired) electrons. The van der Waals surface area contributed by atoms with E-state index in [-0.39, 0.29) is 17.5 Å². The Kier molecular flexibility index (Phi) is 2.06. The normalized spacial score (nSPS) is 38.1. The number of carbonyl (C=O) groups is 1. The van der Waals surface area contributed by atoms with Crippen LogP contribution in [-0.4, -0.2) is 16.0 Å². The molecule has 1 aromatic carbocycles. The summed E-state index contributed by atoms with van der Waals surface area (Å²) < 4.78 is 5.86. The molecule has 0 amide bonds. The second kappa shape index (κ2) is 3.20. The quantitative estimate of drug-likeness (QED) is 0.452. The largest absolute Gasteiger partial charge is 0.461 e. The second-order valence-corrected chi connectivity index (χ2v) is 5.92. The van der Waals surface area contributed by atoms with Crippen LogP contribution in [0, 0.1) is 0 Å². The molecule has 78 valence electrons. The number of ether oxygens (including phenoxy) is 1. The highest BCUT2D eigenvalue weighted by atomic mass is 127. The third-order valence-electron chi connectivity index (χ3n) is 3.47. The summed E-state index contributed by atoms with van der Waals surface area (Å²) in [5.74, 6) is -0.0217. The molecule has 1 aliphatic heterocycles. The number of esters is 1. The molecule has 2 fully saturated rings. The molecule has 1 saturated heterocycles. The van der Waals surface area contributed by atoms with Crippen molar-refractivity contribution in [2.75, 3.05) is 0 Å². The summed E-state index contributed by atoms with van der Waals surface area (Å²) in [5.41, 5.74) is 0.786. The fourth-order valence-corrected chi connectivity index (χ4v) is 3.82. The molecule has 2 bridgehead atoms. The van der Waals surface area contributed by atoms with Crippen molar-refractivity contribution in [1.82, 2.24) is 0 Å². The predicted molar refractivity (Wildman–Crippen MR) is 65.0 cm³/mol. The average molecular weight is 314 g/mol. The average Bonchev–Trinajstić information content (AvgIpc) is 2.74. The summed E-state index contributed by atoms with van der Waals surface area (Å²) in [5, 5.41) is 0. The van der Waals surface area contributed by atoms with E-state index in [0.29, 0.717) is 3.92 Å². The van der Waals surface area contributed by atoms with E-state index in [9.17, 15) is 4.79 Å². The van der Waals surface area contributed by atoms with Crippen LogP contribution in [0.3, 0.4) is 0 Å². The number of alkyl halides is 1. The van der Waals surface area contributed by atoms with Crippen molar-refractivity contribution in [1.29, 1.82) is 0 Å². The molecule has 1 aliphatic carbocycles. The van der Waals surface area contributed by atoms with Gasteiger partial charge in [-0.3, -0.25) is 4.79 Å². The van der Waals surface area contributed by atoms with Crippen molar-refractivity contribution in [2.45, 2.75) is 28.3 Å². The highest BCUT2D eigenvalue weighted by molar-refractivity contribution is 14.1. The molecule has 3 rings (SSSR count). The molecular formula is C12H11IO2. The third-order valence-corrected chi connectivity index (χ3v) is 4.71. The van der Waals surface area contributed by atoms with Gasteiger partial charge in [-0.05, 0) is 12.0 Å². The van der Waals surface area contributed by atoms with Gasteiger partial charge in [0.05, 0.1) is 5.41 Å². The van der Waals surface area contributed by atoms with Crippen molar-refractivity contribution < 1.29 is 9.53 Å². The lowest BCUT2D eigenvalue weighted by Gasteiger charge is -2.25. The minimum atomic E-state index is -0.336. The third kappa shape index (κ3) is 1.25. The summed E-state index contributed by atoms with van der Waals surface area (Å²) in [6.07, 6.45) is 1.93. The van der Waals surface area contributed by atoms with E-state index >= 15 is 0 Å². The molecule has 0 spiro atoms. The molecule has 1 aromatic rings. The SMILES string of the molecule is O=C1O[C@@H]2C[C@@]1(c1ccccc1)C[C@H]2I. The van der Waals surface area contributed by atoms with Gasteiger partial charge in [0.1, 0.15) is 6.10 Å². The Morgan fingerprint density at radius 3 is 2.60 bits per heavy atom. The molecule has 3 heteroatoms. The van der Waals surface area contributed by atoms with Crippen LogP contribution in [0.2, 0.25) is 0 Å². The topological polar surface area (TPSA) is 26.3 Å². The van der Waals surface area contributed by atoms with Crippen LogP contribution in [-0.2, 0) is 14.9 Å². The van der Waals surface area contributed by atoms with E-state index in [1.165, 1.54) is 0 Å². The van der Waals surface area contributed by atoms with E-state index in [4.69, 9.17) is 4.74 Å². The smallest absolute Gasteiger partial charge is 0.317 e. The maximum absolute atomic E-state index is 11.9. The molecule has 1 saturated carbocycles. The number of carbonyl (C=O) groups excluding carboxylic acids is 1. The fraction of sp³-hybridized carbons (Fsp3) is 0.417. The van der Waals surface area contributed by atoms with Crippen LogP contribution in [0.25, 0.3) is 0 Å². The second-order valence-electron chi connectivity index (χ2n) is 4.32. The standard InChI is InChI=1S/C12H11IO2/c13-9-6-12(7-10(9)15-11(12)14)8-4-2-1-3-5-8/h1-5,9-10H,6-7H2/t9-,10-,12-/m1/s1. The molecule has 15 heavy (non-hydrogen) atoms. The Balaban J connectivity index is 2.07. The van der Waals surface area contributed by atoms with Crippen molar-refractivity contribution in [3.05, 3.63) is 35.9 Å². The van der Waals surface area contributed by atoms with E-state index < -0.39 is 0 Å². The Bertz CT molecular complexity index is 399. The molecule has 0 unspecified atom stereocenters. The van der Waals surface area contributed by atoms with Gasteiger partial charge in [0, 0.05) is 10.3 Å². The Morgan fingerprint density at radius 2 is 2.00 bits per heavy atom. The summed E-state index contributed by atoms with van der Waals surface area (Å²) >= 11 is 2.39. The predicted octanol–water partition coefficient (Wildman–Crippen LogP) is 2.45. The zero-order valence-corrected chi connectivity index (χ0v) is 10.3. The number of halogens is 1. The zero-order valence-electron chi connectivity index (χ0n) is 8.15. The van der Waals surface area contributed by atoms with Crippen molar-refractivity contribution in [3.8, 4) is 0 Å². The minimum absolute atomic E-state index is 0.0217. The first-order valence-corrected chi connectivity index (χ1v) is 6.38. The van der Waals surface area contributed by atoms with Gasteiger partial charge in [-0.15, -0.1) is 0 Å². The van der Waals surface area contributed by atoms with E-state index in [0.717, 1.165) is 18.4 Å². The number of rotatable bonds is 1. The highest BCUT2D eigenvalue weighted by Crippen LogP contribution is 2.51. The van der Waals surface area contributed by atoms with E-state index in [2.05, 4.69) is 22.6 Å². The Labute approximate surface area is 102 Å². The van der Waals surface area contributed by atoms with E-state index in [1.807, 2.05) is 30.3 Å². The monoisotopic (exact) mass is 314 g/mol. The Morgan fingerprint density at radius 1 is 1.27 bits per heavy atom. The fourth-order valence-electron chi connectivity index (χ4n) is 2.66. The van der Waals surface area contributed by atoms with Gasteiger partial charge >= 0.3 is 5.97 Å². The first-order chi connectivity index (χ1) is 7.22. The maximum Gasteiger partial charge on any atom is 0.317 e. The molecule has 0 N–H and O–H groups in total. The number of benzene rings is 1. The van der Waals surface area contributed by atoms with Crippen molar-refractivity contribution in [2.24, 2.45) is 0 Å². The van der Waals surface area contributed by atoms with Gasteiger partial charge in [0.2, 0.25) is 0 Å². The summed E-state index contributed by atoms with van der Waals surface area (Å²) in [6, 6.07) is 10.0. The summed E-state index contributed by atoms with van der Waals surface area (Å²) in [7, 11) is 0. The van der Waals surface area contributed by atoms with Crippen molar-refractivity contribution in [3.63, 3.8) is 0 Å². The van der Waals surface area contributed by atoms with Gasteiger partial charge in [0.15, 0.2) is 0 Å². The van der Waals surface area contributed by atoms with Crippen LogP contribution < -0.4 is 0 Å². The van der Waals surface area contributed by atoms with Gasteiger partial charge in [-0.25, -0.2) is 0 Å². The molecule has 1 heterocycles. The van der Waals surface area contributed by atoms with Gasteiger partial charge < -0.3 is 4.74 Å². The first-order valence-electron chi connectivity index (χ1n) is 5.13. The number of hydrogen-bond acceptors (Lipinski definition) is 2.